The molecule has 1 atom stereocenters. The van der Waals surface area contributed by atoms with Crippen LogP contribution in [0.2, 0.25) is 0 Å². The van der Waals surface area contributed by atoms with Gasteiger partial charge in [-0.15, -0.1) is 0 Å². The lowest BCUT2D eigenvalue weighted by molar-refractivity contribution is -0.441. The summed E-state index contributed by atoms with van der Waals surface area (Å²) in [4.78, 5) is 30.3. The van der Waals surface area contributed by atoms with Crippen LogP contribution in [-0.2, 0) is 14.4 Å². The Labute approximate surface area is 72.8 Å². The average Bonchev–Trinajstić information content (AvgIpc) is 1.97. The molecule has 0 aromatic carbocycles. The predicted octanol–water partition coefficient (Wildman–Crippen LogP) is -6.15. The SMILES string of the molecule is [NH3+][C@@H](CC(C(=O)[O-])C(=O)[O-])C(=O)[O-]. The van der Waals surface area contributed by atoms with Crippen LogP contribution in [-0.4, -0.2) is 23.9 Å². The van der Waals surface area contributed by atoms with Gasteiger partial charge in [0.2, 0.25) is 0 Å². The van der Waals surface area contributed by atoms with Crippen molar-refractivity contribution in [3.05, 3.63) is 0 Å². The maximum atomic E-state index is 10.1. The summed E-state index contributed by atoms with van der Waals surface area (Å²) >= 11 is 0. The van der Waals surface area contributed by atoms with Gasteiger partial charge in [0.05, 0.1) is 17.9 Å². The highest BCUT2D eigenvalue weighted by Gasteiger charge is 2.18. The van der Waals surface area contributed by atoms with Crippen LogP contribution in [0.15, 0.2) is 0 Å². The summed E-state index contributed by atoms with van der Waals surface area (Å²) in [5.41, 5.74) is 3.00. The monoisotopic (exact) mass is 189 g/mol. The molecule has 3 N–H and O–H groups in total. The first-order valence-corrected chi connectivity index (χ1v) is 3.32. The predicted molar refractivity (Wildman–Crippen MR) is 29.8 cm³/mol. The highest BCUT2D eigenvalue weighted by atomic mass is 16.4. The molecule has 7 heteroatoms. The number of carboxylic acid groups (broad SMARTS) is 3. The number of hydrogen-bond donors (Lipinski definition) is 1. The summed E-state index contributed by atoms with van der Waals surface area (Å²) in [6.07, 6.45) is -0.701. The molecule has 0 saturated carbocycles. The molecule has 74 valence electrons. The Morgan fingerprint density at radius 3 is 1.62 bits per heavy atom. The van der Waals surface area contributed by atoms with Crippen LogP contribution in [0.25, 0.3) is 0 Å². The fraction of sp³-hybridized carbons (Fsp3) is 0.500. The van der Waals surface area contributed by atoms with Crippen molar-refractivity contribution < 1.29 is 35.4 Å². The molecule has 0 fully saturated rings. The van der Waals surface area contributed by atoms with Gasteiger partial charge in [-0.3, -0.25) is 0 Å². The Bertz CT molecular complexity index is 223. The fourth-order valence-electron chi connectivity index (χ4n) is 0.669. The number of quaternary nitrogens is 1. The van der Waals surface area contributed by atoms with Crippen LogP contribution in [0, 0.1) is 5.92 Å². The van der Waals surface area contributed by atoms with Crippen molar-refractivity contribution in [2.45, 2.75) is 12.5 Å². The Kier molecular flexibility index (Phi) is 3.86. The number of carbonyl (C=O) groups is 3. The van der Waals surface area contributed by atoms with E-state index in [1.165, 1.54) is 0 Å². The van der Waals surface area contributed by atoms with Gasteiger partial charge in [-0.25, -0.2) is 0 Å². The molecular formula is C6H7NO6-2. The molecule has 13 heavy (non-hydrogen) atoms. The van der Waals surface area contributed by atoms with E-state index < -0.39 is 36.3 Å². The molecule has 0 aliphatic carbocycles. The molecule has 0 aliphatic rings. The second-order valence-corrected chi connectivity index (χ2v) is 2.44. The number of aliphatic carboxylic acids is 3. The molecule has 0 heterocycles. The van der Waals surface area contributed by atoms with Crippen molar-refractivity contribution in [2.24, 2.45) is 5.92 Å². The summed E-state index contributed by atoms with van der Waals surface area (Å²) in [5, 5.41) is 30.3. The van der Waals surface area contributed by atoms with Crippen molar-refractivity contribution in [3.63, 3.8) is 0 Å². The van der Waals surface area contributed by atoms with E-state index in [0.717, 1.165) is 0 Å². The van der Waals surface area contributed by atoms with Crippen LogP contribution in [0.5, 0.6) is 0 Å². The first-order chi connectivity index (χ1) is 5.86. The third kappa shape index (κ3) is 3.52. The number of rotatable bonds is 5. The smallest absolute Gasteiger partial charge is 0.125 e. The molecule has 0 aromatic heterocycles. The molecular weight excluding hydrogens is 182 g/mol. The zero-order valence-corrected chi connectivity index (χ0v) is 6.52. The molecule has 0 aliphatic heterocycles. The number of carboxylic acids is 3. The van der Waals surface area contributed by atoms with Gasteiger partial charge in [-0.2, -0.15) is 0 Å². The van der Waals surface area contributed by atoms with Crippen LogP contribution in [0.1, 0.15) is 6.42 Å². The summed E-state index contributed by atoms with van der Waals surface area (Å²) in [7, 11) is 0. The van der Waals surface area contributed by atoms with E-state index in [1.54, 1.807) is 0 Å². The molecule has 0 spiro atoms. The fourth-order valence-corrected chi connectivity index (χ4v) is 0.669. The summed E-state index contributed by atoms with van der Waals surface area (Å²) in [6, 6.07) is -1.42. The minimum atomic E-state index is -1.97. The zero-order chi connectivity index (χ0) is 10.6. The molecule has 7 nitrogen and oxygen atoms in total. The Morgan fingerprint density at radius 1 is 1.00 bits per heavy atom. The maximum Gasteiger partial charge on any atom is 0.125 e. The van der Waals surface area contributed by atoms with Crippen molar-refractivity contribution >= 4 is 17.9 Å². The minimum Gasteiger partial charge on any atom is -0.549 e. The van der Waals surface area contributed by atoms with Crippen molar-refractivity contribution in [1.82, 2.24) is 0 Å². The van der Waals surface area contributed by atoms with E-state index in [1.807, 2.05) is 0 Å². The molecule has 0 radical (unpaired) electrons. The van der Waals surface area contributed by atoms with Crippen molar-refractivity contribution in [2.75, 3.05) is 0 Å². The normalized spacial score (nSPS) is 12.5. The van der Waals surface area contributed by atoms with Gasteiger partial charge in [0.25, 0.3) is 0 Å². The lowest BCUT2D eigenvalue weighted by atomic mass is 10.0. The van der Waals surface area contributed by atoms with Gasteiger partial charge >= 0.3 is 0 Å². The molecule has 0 amide bonds. The standard InChI is InChI=1S/C6H9NO6/c7-3(6(12)13)1-2(4(8)9)5(10)11/h2-3H,1,7H2,(H,8,9)(H,10,11)(H,12,13)/p-2/t3-/m0/s1. The molecule has 0 unspecified atom stereocenters. The molecule has 0 saturated heterocycles. The summed E-state index contributed by atoms with van der Waals surface area (Å²) < 4.78 is 0. The molecule has 0 bridgehead atoms. The molecule has 0 rings (SSSR count). The average molecular weight is 189 g/mol. The quantitative estimate of drug-likeness (QED) is 0.425. The molecule has 0 aromatic rings. The van der Waals surface area contributed by atoms with Crippen LogP contribution < -0.4 is 21.1 Å². The van der Waals surface area contributed by atoms with Crippen LogP contribution >= 0.6 is 0 Å². The highest BCUT2D eigenvalue weighted by molar-refractivity contribution is 5.91. The first-order valence-electron chi connectivity index (χ1n) is 3.32. The minimum absolute atomic E-state index is 0.701. The van der Waals surface area contributed by atoms with Gasteiger partial charge in [0, 0.05) is 12.3 Å². The van der Waals surface area contributed by atoms with E-state index in [4.69, 9.17) is 0 Å². The van der Waals surface area contributed by atoms with Gasteiger partial charge in [0.15, 0.2) is 0 Å². The van der Waals surface area contributed by atoms with E-state index in [-0.39, 0.29) is 0 Å². The van der Waals surface area contributed by atoms with Crippen LogP contribution in [0.4, 0.5) is 0 Å². The Morgan fingerprint density at radius 2 is 1.38 bits per heavy atom. The zero-order valence-electron chi connectivity index (χ0n) is 6.52. The van der Waals surface area contributed by atoms with Crippen molar-refractivity contribution in [3.8, 4) is 0 Å². The second kappa shape index (κ2) is 4.41. The van der Waals surface area contributed by atoms with Gasteiger partial charge in [-0.1, -0.05) is 0 Å². The second-order valence-electron chi connectivity index (χ2n) is 2.44. The van der Waals surface area contributed by atoms with Gasteiger partial charge in [0.1, 0.15) is 6.04 Å². The van der Waals surface area contributed by atoms with E-state index in [9.17, 15) is 29.7 Å². The largest absolute Gasteiger partial charge is 0.549 e. The summed E-state index contributed by atoms with van der Waals surface area (Å²) in [6.45, 7) is 0. The van der Waals surface area contributed by atoms with Crippen molar-refractivity contribution in [1.29, 1.82) is 0 Å². The lowest BCUT2D eigenvalue weighted by Gasteiger charge is -2.20. The number of hydrogen-bond acceptors (Lipinski definition) is 6. The lowest BCUT2D eigenvalue weighted by Crippen LogP contribution is -2.69. The van der Waals surface area contributed by atoms with Crippen LogP contribution in [0.3, 0.4) is 0 Å². The van der Waals surface area contributed by atoms with Gasteiger partial charge < -0.3 is 35.4 Å². The third-order valence-electron chi connectivity index (χ3n) is 1.42. The third-order valence-corrected chi connectivity index (χ3v) is 1.42. The van der Waals surface area contributed by atoms with E-state index in [2.05, 4.69) is 5.73 Å². The van der Waals surface area contributed by atoms with Gasteiger partial charge in [-0.05, 0) is 0 Å². The topological polar surface area (TPSA) is 148 Å². The van der Waals surface area contributed by atoms with E-state index >= 15 is 0 Å². The highest BCUT2D eigenvalue weighted by Crippen LogP contribution is 2.01. The Hall–Kier alpha value is -1.63. The summed E-state index contributed by atoms with van der Waals surface area (Å²) in [5.74, 6) is -7.38. The number of carbonyl (C=O) groups excluding carboxylic acids is 3. The Balaban J connectivity index is 4.35. The maximum absolute atomic E-state index is 10.1. The first kappa shape index (κ1) is 11.4. The van der Waals surface area contributed by atoms with E-state index in [0.29, 0.717) is 0 Å².